The van der Waals surface area contributed by atoms with E-state index in [2.05, 4.69) is 20.7 Å². The Morgan fingerprint density at radius 2 is 1.94 bits per heavy atom. The molecule has 0 fully saturated rings. The SMILES string of the molecule is CC(C)NC(=O)c1cc(-c2cnn(C)c2)cc(S(=O)(=O)c2cnc(CNC(=O)O)s2)c1. The first kappa shape index (κ1) is 22.4. The third-order valence-corrected chi connectivity index (χ3v) is 7.32. The molecule has 0 unspecified atom stereocenters. The van der Waals surface area contributed by atoms with E-state index in [0.29, 0.717) is 16.1 Å². The van der Waals surface area contributed by atoms with Crippen LogP contribution in [0.25, 0.3) is 11.1 Å². The number of nitrogens with one attached hydrogen (secondary N) is 2. The van der Waals surface area contributed by atoms with Crippen molar-refractivity contribution in [3.63, 3.8) is 0 Å². The first-order chi connectivity index (χ1) is 14.6. The number of rotatable bonds is 7. The van der Waals surface area contributed by atoms with Crippen molar-refractivity contribution < 1.29 is 23.1 Å². The number of nitrogens with zero attached hydrogens (tertiary/aromatic N) is 3. The lowest BCUT2D eigenvalue weighted by molar-refractivity contribution is 0.0943. The van der Waals surface area contributed by atoms with Gasteiger partial charge in [-0.05, 0) is 37.6 Å². The Bertz CT molecular complexity index is 1230. The highest BCUT2D eigenvalue weighted by atomic mass is 32.2. The van der Waals surface area contributed by atoms with Crippen molar-refractivity contribution in [2.45, 2.75) is 35.5 Å². The molecule has 3 N–H and O–H groups in total. The van der Waals surface area contributed by atoms with E-state index in [1.54, 1.807) is 30.2 Å². The number of hydrogen-bond acceptors (Lipinski definition) is 7. The summed E-state index contributed by atoms with van der Waals surface area (Å²) >= 11 is 0.865. The Labute approximate surface area is 182 Å². The van der Waals surface area contributed by atoms with Crippen molar-refractivity contribution in [3.8, 4) is 11.1 Å². The highest BCUT2D eigenvalue weighted by Crippen LogP contribution is 2.30. The van der Waals surface area contributed by atoms with Crippen LogP contribution in [-0.2, 0) is 23.4 Å². The maximum atomic E-state index is 13.3. The molecular weight excluding hydrogens is 442 g/mol. The fourth-order valence-corrected chi connectivity index (χ4v) is 5.33. The summed E-state index contributed by atoms with van der Waals surface area (Å²) in [4.78, 5) is 27.2. The smallest absolute Gasteiger partial charge is 0.405 e. The lowest BCUT2D eigenvalue weighted by Gasteiger charge is -2.11. The minimum atomic E-state index is -3.99. The van der Waals surface area contributed by atoms with Gasteiger partial charge >= 0.3 is 6.09 Å². The van der Waals surface area contributed by atoms with E-state index < -0.39 is 21.8 Å². The molecule has 0 saturated heterocycles. The molecule has 0 aliphatic rings. The number of hydrogen-bond donors (Lipinski definition) is 3. The third-order valence-electron chi connectivity index (χ3n) is 4.13. The first-order valence-electron chi connectivity index (χ1n) is 9.18. The van der Waals surface area contributed by atoms with Crippen LogP contribution in [0, 0.1) is 0 Å². The molecule has 2 aromatic heterocycles. The second-order valence-corrected chi connectivity index (χ2v) is 10.3. The monoisotopic (exact) mass is 463 g/mol. The number of carbonyl (C=O) groups is 2. The summed E-state index contributed by atoms with van der Waals surface area (Å²) in [6.45, 7) is 3.52. The first-order valence-corrected chi connectivity index (χ1v) is 11.5. The molecule has 31 heavy (non-hydrogen) atoms. The minimum absolute atomic E-state index is 0.0479. The second-order valence-electron chi connectivity index (χ2n) is 7.01. The Hall–Kier alpha value is -3.25. The minimum Gasteiger partial charge on any atom is -0.465 e. The van der Waals surface area contributed by atoms with Crippen LogP contribution in [0.3, 0.4) is 0 Å². The van der Waals surface area contributed by atoms with Crippen molar-refractivity contribution >= 4 is 33.2 Å². The summed E-state index contributed by atoms with van der Waals surface area (Å²) < 4.78 is 28.0. The van der Waals surface area contributed by atoms with Crippen molar-refractivity contribution in [1.82, 2.24) is 25.4 Å². The van der Waals surface area contributed by atoms with E-state index in [0.717, 1.165) is 11.3 Å². The van der Waals surface area contributed by atoms with Crippen LogP contribution in [0.2, 0.25) is 0 Å². The normalized spacial score (nSPS) is 11.5. The van der Waals surface area contributed by atoms with Crippen LogP contribution in [0.1, 0.15) is 29.2 Å². The molecule has 0 atom stereocenters. The Kier molecular flexibility index (Phi) is 6.41. The summed E-state index contributed by atoms with van der Waals surface area (Å²) in [5, 5.41) is 18.0. The average molecular weight is 464 g/mol. The molecule has 164 valence electrons. The van der Waals surface area contributed by atoms with Crippen molar-refractivity contribution in [3.05, 3.63) is 47.4 Å². The van der Waals surface area contributed by atoms with Crippen molar-refractivity contribution in [2.75, 3.05) is 0 Å². The summed E-state index contributed by atoms with van der Waals surface area (Å²) in [6.07, 6.45) is 3.25. The van der Waals surface area contributed by atoms with E-state index in [4.69, 9.17) is 5.11 Å². The van der Waals surface area contributed by atoms with E-state index in [1.807, 2.05) is 13.8 Å². The second kappa shape index (κ2) is 8.86. The number of benzene rings is 1. The molecule has 0 bridgehead atoms. The number of carboxylic acid groups (broad SMARTS) is 1. The average Bonchev–Trinajstić information content (AvgIpc) is 3.35. The van der Waals surface area contributed by atoms with Crippen LogP contribution >= 0.6 is 11.3 Å². The van der Waals surface area contributed by atoms with E-state index >= 15 is 0 Å². The van der Waals surface area contributed by atoms with Gasteiger partial charge in [-0.25, -0.2) is 18.2 Å². The van der Waals surface area contributed by atoms with E-state index in [1.165, 1.54) is 18.3 Å². The molecule has 2 amide bonds. The Morgan fingerprint density at radius 1 is 1.19 bits per heavy atom. The molecule has 3 rings (SSSR count). The third kappa shape index (κ3) is 5.27. The number of aromatic nitrogens is 3. The van der Waals surface area contributed by atoms with Gasteiger partial charge in [-0.1, -0.05) is 0 Å². The fraction of sp³-hybridized carbons (Fsp3) is 0.263. The van der Waals surface area contributed by atoms with Gasteiger partial charge in [0, 0.05) is 30.4 Å². The lowest BCUT2D eigenvalue weighted by Crippen LogP contribution is -2.30. The van der Waals surface area contributed by atoms with Crippen molar-refractivity contribution in [2.24, 2.45) is 7.05 Å². The van der Waals surface area contributed by atoms with Gasteiger partial charge in [0.2, 0.25) is 9.84 Å². The van der Waals surface area contributed by atoms with Gasteiger partial charge in [-0.15, -0.1) is 11.3 Å². The van der Waals surface area contributed by atoms with Gasteiger partial charge in [0.05, 0.1) is 23.8 Å². The van der Waals surface area contributed by atoms with Crippen LogP contribution in [0.15, 0.2) is 45.9 Å². The quantitative estimate of drug-likeness (QED) is 0.488. The zero-order chi connectivity index (χ0) is 22.8. The van der Waals surface area contributed by atoms with Crippen molar-refractivity contribution in [1.29, 1.82) is 0 Å². The number of amides is 2. The molecular formula is C19H21N5O5S2. The standard InChI is InChI=1S/C19H21N5O5S2/c1-11(2)23-18(25)13-4-12(14-7-22-24(3)10-14)5-15(6-13)31(28,29)17-9-20-16(30-17)8-21-19(26)27/h4-7,9-11,21H,8H2,1-3H3,(H,23,25)(H,26,27). The maximum Gasteiger partial charge on any atom is 0.405 e. The van der Waals surface area contributed by atoms with Crippen LogP contribution in [-0.4, -0.2) is 46.3 Å². The molecule has 1 aromatic carbocycles. The number of aryl methyl sites for hydroxylation is 1. The molecule has 3 aromatic rings. The predicted molar refractivity (Wildman–Crippen MR) is 114 cm³/mol. The van der Waals surface area contributed by atoms with Gasteiger partial charge in [0.25, 0.3) is 5.91 Å². The van der Waals surface area contributed by atoms with Gasteiger partial charge in [0.15, 0.2) is 0 Å². The molecule has 0 spiro atoms. The summed E-state index contributed by atoms with van der Waals surface area (Å²) in [5.41, 5.74) is 1.39. The number of carbonyl (C=O) groups excluding carboxylic acids is 1. The maximum absolute atomic E-state index is 13.3. The number of thiazole rings is 1. The molecule has 0 aliphatic heterocycles. The summed E-state index contributed by atoms with van der Waals surface area (Å²) in [5.74, 6) is -0.396. The van der Waals surface area contributed by atoms with Crippen LogP contribution in [0.5, 0.6) is 0 Å². The Morgan fingerprint density at radius 3 is 2.55 bits per heavy atom. The van der Waals surface area contributed by atoms with Gasteiger partial charge in [-0.2, -0.15) is 5.10 Å². The molecule has 0 aliphatic carbocycles. The largest absolute Gasteiger partial charge is 0.465 e. The van der Waals surface area contributed by atoms with E-state index in [-0.39, 0.29) is 27.3 Å². The van der Waals surface area contributed by atoms with E-state index in [9.17, 15) is 18.0 Å². The van der Waals surface area contributed by atoms with Gasteiger partial charge in [0.1, 0.15) is 9.22 Å². The van der Waals surface area contributed by atoms with Gasteiger partial charge < -0.3 is 15.7 Å². The zero-order valence-corrected chi connectivity index (χ0v) is 18.6. The highest BCUT2D eigenvalue weighted by Gasteiger charge is 2.24. The summed E-state index contributed by atoms with van der Waals surface area (Å²) in [7, 11) is -2.25. The molecule has 2 heterocycles. The molecule has 10 nitrogen and oxygen atoms in total. The molecule has 0 radical (unpaired) electrons. The Balaban J connectivity index is 2.06. The van der Waals surface area contributed by atoms with Crippen LogP contribution < -0.4 is 10.6 Å². The zero-order valence-electron chi connectivity index (χ0n) is 17.0. The molecule has 12 heteroatoms. The summed E-state index contributed by atoms with van der Waals surface area (Å²) in [6, 6.07) is 4.29. The van der Waals surface area contributed by atoms with Crippen LogP contribution in [0.4, 0.5) is 4.79 Å². The number of sulfone groups is 1. The van der Waals surface area contributed by atoms with Gasteiger partial charge in [-0.3, -0.25) is 9.48 Å². The molecule has 0 saturated carbocycles. The topological polar surface area (TPSA) is 143 Å². The predicted octanol–water partition coefficient (Wildman–Crippen LogP) is 2.28. The fourth-order valence-electron chi connectivity index (χ4n) is 2.73. The lowest BCUT2D eigenvalue weighted by atomic mass is 10.1. The highest BCUT2D eigenvalue weighted by molar-refractivity contribution is 7.93.